The van der Waals surface area contributed by atoms with E-state index in [1.54, 1.807) is 28.6 Å². The van der Waals surface area contributed by atoms with Gasteiger partial charge in [-0.25, -0.2) is 21.6 Å². The molecule has 2 aromatic rings. The molecule has 2 aliphatic carbocycles. The number of esters is 1. The monoisotopic (exact) mass is 714 g/mol. The fraction of sp³-hybridized carbons (Fsp3) is 0.429. The fourth-order valence-electron chi connectivity index (χ4n) is 6.39. The lowest BCUT2D eigenvalue weighted by atomic mass is 9.98. The maximum atomic E-state index is 14.2. The molecule has 10 nitrogen and oxygen atoms in total. The van der Waals surface area contributed by atoms with Crippen LogP contribution in [0.5, 0.6) is 0 Å². The van der Waals surface area contributed by atoms with Gasteiger partial charge in [-0.2, -0.15) is 8.61 Å². The number of carbonyl (C=O) groups is 1. The highest BCUT2D eigenvalue weighted by atomic mass is 35.5. The van der Waals surface area contributed by atoms with Gasteiger partial charge >= 0.3 is 5.97 Å². The molecule has 0 amide bonds. The molecule has 1 aliphatic heterocycles. The molecular weight excluding hydrogens is 672 g/mol. The molecule has 0 spiro atoms. The Bertz CT molecular complexity index is 1800. The van der Waals surface area contributed by atoms with Gasteiger partial charge in [-0.3, -0.25) is 0 Å². The number of piperidine rings is 1. The molecule has 0 unspecified atom stereocenters. The number of hydrogen-bond acceptors (Lipinski definition) is 8. The highest BCUT2D eigenvalue weighted by Crippen LogP contribution is 2.32. The molecule has 0 radical (unpaired) electrons. The lowest BCUT2D eigenvalue weighted by molar-refractivity contribution is -0.135. The number of benzene rings is 2. The predicted molar refractivity (Wildman–Crippen MR) is 186 cm³/mol. The number of ether oxygens (including phenoxy) is 1. The van der Waals surface area contributed by atoms with Crippen LogP contribution in [0.15, 0.2) is 99.1 Å². The summed E-state index contributed by atoms with van der Waals surface area (Å²) in [7, 11) is -6.70. The number of nitrogens with one attached hydrogen (secondary N) is 1. The van der Waals surface area contributed by atoms with Crippen molar-refractivity contribution >= 4 is 37.6 Å². The van der Waals surface area contributed by atoms with E-state index in [1.165, 1.54) is 41.8 Å². The van der Waals surface area contributed by atoms with Crippen molar-refractivity contribution in [1.82, 2.24) is 13.9 Å². The summed E-state index contributed by atoms with van der Waals surface area (Å²) >= 11 is 6.07. The molecule has 258 valence electrons. The second-order valence-corrected chi connectivity index (χ2v) is 16.7. The van der Waals surface area contributed by atoms with Gasteiger partial charge < -0.3 is 15.8 Å². The van der Waals surface area contributed by atoms with Crippen molar-refractivity contribution in [3.8, 4) is 0 Å². The van der Waals surface area contributed by atoms with Gasteiger partial charge in [0.05, 0.1) is 28.2 Å². The summed E-state index contributed by atoms with van der Waals surface area (Å²) in [6.07, 6.45) is 10.3. The van der Waals surface area contributed by atoms with E-state index in [1.807, 2.05) is 12.1 Å². The minimum atomic E-state index is -4.04. The third-order valence-electron chi connectivity index (χ3n) is 9.14. The topological polar surface area (TPSA) is 139 Å². The Morgan fingerprint density at radius 3 is 2.19 bits per heavy atom. The standard InChI is InChI=1S/C35H43ClN4O6S2/c1-46-35(41)33-8-4-5-26(11-18-34(33)37)23-39(24-28-19-21-38-22-20-28)47(42,43)31-14-16-32(17-15-31)48(44,45)40(30-6-2-3-7-30)25-27-9-12-29(36)13-10-27/h4,8-10,12-18,28,30,38H,2-3,5-7,19-25,37H2,1H3/b8-4-,34-33-. The molecular formula is C35H43ClN4O6S2. The van der Waals surface area contributed by atoms with Crippen molar-refractivity contribution in [1.29, 1.82) is 0 Å². The second-order valence-electron chi connectivity index (χ2n) is 12.4. The zero-order valence-electron chi connectivity index (χ0n) is 27.1. The van der Waals surface area contributed by atoms with Gasteiger partial charge in [-0.15, -0.1) is 5.73 Å². The summed E-state index contributed by atoms with van der Waals surface area (Å²) in [5, 5.41) is 3.90. The number of methoxy groups -OCH3 is 1. The van der Waals surface area contributed by atoms with Crippen LogP contribution in [0.2, 0.25) is 5.02 Å². The smallest absolute Gasteiger partial charge is 0.339 e. The predicted octanol–water partition coefficient (Wildman–Crippen LogP) is 4.89. The first-order valence-electron chi connectivity index (χ1n) is 16.3. The van der Waals surface area contributed by atoms with Crippen molar-refractivity contribution in [3.05, 3.63) is 99.9 Å². The van der Waals surface area contributed by atoms with E-state index in [2.05, 4.69) is 11.0 Å². The summed E-state index contributed by atoms with van der Waals surface area (Å²) in [4.78, 5) is 12.2. The van der Waals surface area contributed by atoms with Crippen LogP contribution in [0.1, 0.15) is 50.5 Å². The first kappa shape index (κ1) is 36.1. The van der Waals surface area contributed by atoms with Crippen LogP contribution in [0, 0.1) is 5.92 Å². The quantitative estimate of drug-likeness (QED) is 0.234. The lowest BCUT2D eigenvalue weighted by Crippen LogP contribution is -2.40. The molecule has 1 saturated heterocycles. The van der Waals surface area contributed by atoms with Gasteiger partial charge in [0.2, 0.25) is 20.0 Å². The number of nitrogens with zero attached hydrogens (tertiary/aromatic N) is 2. The maximum absolute atomic E-state index is 14.2. The van der Waals surface area contributed by atoms with Gasteiger partial charge in [0.15, 0.2) is 0 Å². The average molecular weight is 715 g/mol. The molecule has 5 rings (SSSR count). The molecule has 13 heteroatoms. The van der Waals surface area contributed by atoms with Crippen LogP contribution in [-0.2, 0) is 36.1 Å². The molecule has 3 N–H and O–H groups in total. The highest BCUT2D eigenvalue weighted by Gasteiger charge is 2.34. The Kier molecular flexibility index (Phi) is 12.0. The average Bonchev–Trinajstić information content (AvgIpc) is 3.62. The molecule has 0 atom stereocenters. The summed E-state index contributed by atoms with van der Waals surface area (Å²) in [5.41, 5.74) is 11.1. The van der Waals surface area contributed by atoms with E-state index in [-0.39, 0.29) is 46.1 Å². The SMILES string of the molecule is COC(=O)C1=C(\N)C=C=C(CN(CC2CCNCC2)S(=O)(=O)c2ccc(S(=O)(=O)N(Cc3ccc(Cl)cc3)C3CCCC3)cc2)C/C=C\1. The Morgan fingerprint density at radius 2 is 1.56 bits per heavy atom. The van der Waals surface area contributed by atoms with Gasteiger partial charge in [-0.1, -0.05) is 42.7 Å². The number of sulfonamides is 2. The number of hydrogen-bond donors (Lipinski definition) is 2. The molecule has 1 saturated carbocycles. The van der Waals surface area contributed by atoms with Crippen LogP contribution in [-0.4, -0.2) is 70.7 Å². The molecule has 2 fully saturated rings. The van der Waals surface area contributed by atoms with Crippen LogP contribution < -0.4 is 11.1 Å². The van der Waals surface area contributed by atoms with E-state index < -0.39 is 26.0 Å². The number of allylic oxidation sites excluding steroid dienone is 2. The van der Waals surface area contributed by atoms with Gasteiger partial charge in [-0.05, 0) is 105 Å². The van der Waals surface area contributed by atoms with E-state index in [4.69, 9.17) is 22.1 Å². The zero-order chi connectivity index (χ0) is 34.3. The molecule has 3 aliphatic rings. The third kappa shape index (κ3) is 8.67. The van der Waals surface area contributed by atoms with Crippen molar-refractivity contribution in [2.75, 3.05) is 33.3 Å². The summed E-state index contributed by atoms with van der Waals surface area (Å²) in [5.74, 6) is -0.416. The molecule has 48 heavy (non-hydrogen) atoms. The van der Waals surface area contributed by atoms with Crippen molar-refractivity contribution < 1.29 is 26.4 Å². The van der Waals surface area contributed by atoms with E-state index in [9.17, 15) is 21.6 Å². The highest BCUT2D eigenvalue weighted by molar-refractivity contribution is 7.89. The van der Waals surface area contributed by atoms with Crippen molar-refractivity contribution in [2.45, 2.75) is 67.3 Å². The van der Waals surface area contributed by atoms with Gasteiger partial charge in [0.1, 0.15) is 0 Å². The molecule has 0 bridgehead atoms. The van der Waals surface area contributed by atoms with Crippen LogP contribution in [0.25, 0.3) is 0 Å². The fourth-order valence-corrected chi connectivity index (χ4v) is 9.70. The second kappa shape index (κ2) is 16.0. The largest absolute Gasteiger partial charge is 0.465 e. The first-order chi connectivity index (χ1) is 23.0. The first-order valence-corrected chi connectivity index (χ1v) is 19.5. The number of nitrogens with two attached hydrogens (primary N) is 1. The molecule has 1 heterocycles. The Morgan fingerprint density at radius 1 is 0.938 bits per heavy atom. The zero-order valence-corrected chi connectivity index (χ0v) is 29.5. The number of rotatable bonds is 12. The Balaban J connectivity index is 1.43. The van der Waals surface area contributed by atoms with Crippen LogP contribution >= 0.6 is 11.6 Å². The number of halogens is 1. The summed E-state index contributed by atoms with van der Waals surface area (Å²) in [6.45, 7) is 2.17. The maximum Gasteiger partial charge on any atom is 0.339 e. The summed E-state index contributed by atoms with van der Waals surface area (Å²) < 4.78 is 64.4. The van der Waals surface area contributed by atoms with E-state index in [0.29, 0.717) is 23.6 Å². The number of carbonyl (C=O) groups excluding carboxylic acids is 1. The Hall–Kier alpha value is -3.22. The van der Waals surface area contributed by atoms with E-state index in [0.717, 1.165) is 57.2 Å². The van der Waals surface area contributed by atoms with Crippen LogP contribution in [0.3, 0.4) is 0 Å². The van der Waals surface area contributed by atoms with Gasteiger partial charge in [0.25, 0.3) is 0 Å². The van der Waals surface area contributed by atoms with E-state index >= 15 is 0 Å². The lowest BCUT2D eigenvalue weighted by Gasteiger charge is -2.30. The Labute approximate surface area is 289 Å². The van der Waals surface area contributed by atoms with Crippen molar-refractivity contribution in [2.24, 2.45) is 11.7 Å². The van der Waals surface area contributed by atoms with Crippen molar-refractivity contribution in [3.63, 3.8) is 0 Å². The molecule has 0 aromatic heterocycles. The van der Waals surface area contributed by atoms with Gasteiger partial charge in [0, 0.05) is 36.8 Å². The third-order valence-corrected chi connectivity index (χ3v) is 13.1. The molecule has 2 aromatic carbocycles. The normalized spacial score (nSPS) is 20.5. The summed E-state index contributed by atoms with van der Waals surface area (Å²) in [6, 6.07) is 12.6. The minimum Gasteiger partial charge on any atom is -0.465 e. The van der Waals surface area contributed by atoms with Crippen LogP contribution in [0.4, 0.5) is 0 Å². The minimum absolute atomic E-state index is 0.0128.